The van der Waals surface area contributed by atoms with Crippen molar-refractivity contribution in [1.29, 1.82) is 0 Å². The topological polar surface area (TPSA) is 61.8 Å². The first kappa shape index (κ1) is 22.3. The van der Waals surface area contributed by atoms with Crippen LogP contribution in [0.1, 0.15) is 38.7 Å². The summed E-state index contributed by atoms with van der Waals surface area (Å²) < 4.78 is 42.0. The molecule has 0 radical (unpaired) electrons. The number of halogens is 3. The molecule has 9 heteroatoms. The number of guanidine groups is 1. The minimum Gasteiger partial charge on any atom is -0.468 e. The number of hydrogen-bond acceptors (Lipinski definition) is 4. The summed E-state index contributed by atoms with van der Waals surface area (Å²) in [6, 6.07) is 3.34. The number of piperidine rings is 1. The average molecular weight is 401 g/mol. The second-order valence-corrected chi connectivity index (χ2v) is 7.51. The van der Waals surface area contributed by atoms with Crippen LogP contribution in [0.3, 0.4) is 0 Å². The van der Waals surface area contributed by atoms with E-state index in [4.69, 9.17) is 4.74 Å². The SMILES string of the molecule is CN=C(NCc1cccnc1OCC(F)(F)F)NCC(C)(C)N1CCCCC1. The lowest BCUT2D eigenvalue weighted by molar-refractivity contribution is -0.154. The average Bonchev–Trinajstić information content (AvgIpc) is 2.67. The molecule has 1 aromatic rings. The molecule has 0 aromatic carbocycles. The quantitative estimate of drug-likeness (QED) is 0.543. The summed E-state index contributed by atoms with van der Waals surface area (Å²) in [5, 5.41) is 6.43. The van der Waals surface area contributed by atoms with Gasteiger partial charge in [-0.05, 0) is 45.8 Å². The largest absolute Gasteiger partial charge is 0.468 e. The molecule has 0 saturated carbocycles. The highest BCUT2D eigenvalue weighted by Gasteiger charge is 2.29. The van der Waals surface area contributed by atoms with Crippen LogP contribution in [0.25, 0.3) is 0 Å². The predicted molar refractivity (Wildman–Crippen MR) is 103 cm³/mol. The molecule has 28 heavy (non-hydrogen) atoms. The zero-order valence-corrected chi connectivity index (χ0v) is 16.8. The minimum absolute atomic E-state index is 0.0205. The first-order valence-electron chi connectivity index (χ1n) is 9.54. The highest BCUT2D eigenvalue weighted by atomic mass is 19.4. The van der Waals surface area contributed by atoms with Crippen LogP contribution in [0.4, 0.5) is 13.2 Å². The second kappa shape index (κ2) is 9.95. The van der Waals surface area contributed by atoms with Crippen LogP contribution in [0.5, 0.6) is 5.88 Å². The molecule has 1 fully saturated rings. The molecule has 0 atom stereocenters. The molecule has 0 unspecified atom stereocenters. The highest BCUT2D eigenvalue weighted by molar-refractivity contribution is 5.79. The van der Waals surface area contributed by atoms with E-state index >= 15 is 0 Å². The normalized spacial score (nSPS) is 16.7. The number of rotatable bonds is 7. The van der Waals surface area contributed by atoms with Crippen LogP contribution in [-0.4, -0.2) is 60.8 Å². The van der Waals surface area contributed by atoms with Gasteiger partial charge >= 0.3 is 6.18 Å². The van der Waals surface area contributed by atoms with Gasteiger partial charge in [-0.25, -0.2) is 4.98 Å². The Morgan fingerprint density at radius 3 is 2.57 bits per heavy atom. The highest BCUT2D eigenvalue weighted by Crippen LogP contribution is 2.21. The Kier molecular flexibility index (Phi) is 7.91. The van der Waals surface area contributed by atoms with Gasteiger partial charge in [0.1, 0.15) is 0 Å². The number of alkyl halides is 3. The number of likely N-dealkylation sites (tertiary alicyclic amines) is 1. The Balaban J connectivity index is 1.88. The van der Waals surface area contributed by atoms with E-state index in [9.17, 15) is 13.2 Å². The van der Waals surface area contributed by atoms with Gasteiger partial charge in [-0.3, -0.25) is 9.89 Å². The molecule has 1 aliphatic rings. The van der Waals surface area contributed by atoms with Crippen molar-refractivity contribution < 1.29 is 17.9 Å². The number of nitrogens with one attached hydrogen (secondary N) is 2. The molecule has 0 aliphatic carbocycles. The zero-order valence-electron chi connectivity index (χ0n) is 16.8. The molecule has 2 rings (SSSR count). The molecule has 0 amide bonds. The van der Waals surface area contributed by atoms with Crippen molar-refractivity contribution in [2.45, 2.75) is 51.4 Å². The summed E-state index contributed by atoms with van der Waals surface area (Å²) in [6.45, 7) is 6.17. The van der Waals surface area contributed by atoms with E-state index < -0.39 is 12.8 Å². The van der Waals surface area contributed by atoms with Gasteiger partial charge in [0.05, 0.1) is 0 Å². The number of hydrogen-bond donors (Lipinski definition) is 2. The molecule has 1 aromatic heterocycles. The molecular formula is C19H30F3N5O. The van der Waals surface area contributed by atoms with Gasteiger partial charge in [-0.1, -0.05) is 12.5 Å². The minimum atomic E-state index is -4.40. The number of aliphatic imine (C=N–C) groups is 1. The van der Waals surface area contributed by atoms with Crippen molar-refractivity contribution in [3.63, 3.8) is 0 Å². The van der Waals surface area contributed by atoms with E-state index in [1.165, 1.54) is 25.5 Å². The van der Waals surface area contributed by atoms with E-state index in [-0.39, 0.29) is 18.0 Å². The summed E-state index contributed by atoms with van der Waals surface area (Å²) in [4.78, 5) is 10.6. The fourth-order valence-corrected chi connectivity index (χ4v) is 3.15. The molecular weight excluding hydrogens is 371 g/mol. The Labute approximate surface area is 164 Å². The second-order valence-electron chi connectivity index (χ2n) is 7.51. The lowest BCUT2D eigenvalue weighted by Gasteiger charge is -2.41. The van der Waals surface area contributed by atoms with Crippen molar-refractivity contribution in [3.05, 3.63) is 23.9 Å². The van der Waals surface area contributed by atoms with Gasteiger partial charge < -0.3 is 15.4 Å². The third kappa shape index (κ3) is 7.18. The molecule has 1 aliphatic heterocycles. The van der Waals surface area contributed by atoms with Crippen LogP contribution in [0, 0.1) is 0 Å². The molecule has 1 saturated heterocycles. The predicted octanol–water partition coefficient (Wildman–Crippen LogP) is 2.95. The lowest BCUT2D eigenvalue weighted by Crippen LogP contribution is -2.54. The van der Waals surface area contributed by atoms with Crippen molar-refractivity contribution in [2.75, 3.05) is 33.3 Å². The molecule has 6 nitrogen and oxygen atoms in total. The molecule has 2 heterocycles. The maximum absolute atomic E-state index is 12.4. The number of ether oxygens (including phenoxy) is 1. The standard InChI is InChI=1S/C19H30F3N5O/c1-18(2,27-10-5-4-6-11-27)13-26-17(23-3)25-12-15-8-7-9-24-16(15)28-14-19(20,21)22/h7-9H,4-6,10-14H2,1-3H3,(H2,23,25,26). The van der Waals surface area contributed by atoms with Crippen molar-refractivity contribution in [2.24, 2.45) is 4.99 Å². The van der Waals surface area contributed by atoms with Crippen LogP contribution < -0.4 is 15.4 Å². The number of pyridine rings is 1. The van der Waals surface area contributed by atoms with Crippen LogP contribution in [0.15, 0.2) is 23.3 Å². The Bertz CT molecular complexity index is 643. The van der Waals surface area contributed by atoms with Crippen LogP contribution in [0.2, 0.25) is 0 Å². The third-order valence-electron chi connectivity index (χ3n) is 4.79. The fraction of sp³-hybridized carbons (Fsp3) is 0.684. The van der Waals surface area contributed by atoms with E-state index in [0.717, 1.165) is 13.1 Å². The molecule has 158 valence electrons. The third-order valence-corrected chi connectivity index (χ3v) is 4.79. The summed E-state index contributed by atoms with van der Waals surface area (Å²) in [6.07, 6.45) is 0.729. The van der Waals surface area contributed by atoms with Gasteiger partial charge in [0.15, 0.2) is 12.6 Å². The monoisotopic (exact) mass is 401 g/mol. The summed E-state index contributed by atoms with van der Waals surface area (Å²) in [7, 11) is 1.66. The Morgan fingerprint density at radius 2 is 1.93 bits per heavy atom. The summed E-state index contributed by atoms with van der Waals surface area (Å²) >= 11 is 0. The van der Waals surface area contributed by atoms with Crippen LogP contribution in [-0.2, 0) is 6.54 Å². The maximum Gasteiger partial charge on any atom is 0.422 e. The van der Waals surface area contributed by atoms with Crippen molar-refractivity contribution in [3.8, 4) is 5.88 Å². The fourth-order valence-electron chi connectivity index (χ4n) is 3.15. The Morgan fingerprint density at radius 1 is 1.21 bits per heavy atom. The number of aromatic nitrogens is 1. The summed E-state index contributed by atoms with van der Waals surface area (Å²) in [5.41, 5.74) is 0.512. The van der Waals surface area contributed by atoms with Crippen molar-refractivity contribution in [1.82, 2.24) is 20.5 Å². The zero-order chi connectivity index (χ0) is 20.6. The molecule has 0 spiro atoms. The maximum atomic E-state index is 12.4. The first-order valence-corrected chi connectivity index (χ1v) is 9.54. The van der Waals surface area contributed by atoms with Gasteiger partial charge in [-0.15, -0.1) is 0 Å². The van der Waals surface area contributed by atoms with Crippen LogP contribution >= 0.6 is 0 Å². The lowest BCUT2D eigenvalue weighted by atomic mass is 9.98. The van der Waals surface area contributed by atoms with E-state index in [2.05, 4.69) is 39.4 Å². The number of nitrogens with zero attached hydrogens (tertiary/aromatic N) is 3. The molecule has 0 bridgehead atoms. The van der Waals surface area contributed by atoms with E-state index in [0.29, 0.717) is 18.1 Å². The summed E-state index contributed by atoms with van der Waals surface area (Å²) in [5.74, 6) is 0.548. The van der Waals surface area contributed by atoms with Gasteiger partial charge in [0.2, 0.25) is 5.88 Å². The molecule has 2 N–H and O–H groups in total. The van der Waals surface area contributed by atoms with Crippen molar-refractivity contribution >= 4 is 5.96 Å². The smallest absolute Gasteiger partial charge is 0.422 e. The van der Waals surface area contributed by atoms with Gasteiger partial charge in [-0.2, -0.15) is 13.2 Å². The van der Waals surface area contributed by atoms with E-state index in [1.807, 2.05) is 0 Å². The Hall–Kier alpha value is -2.03. The van der Waals surface area contributed by atoms with E-state index in [1.54, 1.807) is 19.2 Å². The van der Waals surface area contributed by atoms with Gasteiger partial charge in [0.25, 0.3) is 0 Å². The van der Waals surface area contributed by atoms with Gasteiger partial charge in [0, 0.05) is 37.4 Å². The first-order chi connectivity index (χ1) is 13.2.